The summed E-state index contributed by atoms with van der Waals surface area (Å²) in [6.07, 6.45) is 5.73. The first-order valence-corrected chi connectivity index (χ1v) is 8.63. The van der Waals surface area contributed by atoms with Crippen molar-refractivity contribution in [2.75, 3.05) is 0 Å². The highest BCUT2D eigenvalue weighted by Gasteiger charge is 2.55. The fraction of sp³-hybridized carbons (Fsp3) is 0.364. The van der Waals surface area contributed by atoms with E-state index >= 15 is 0 Å². The number of rotatable bonds is 4. The molecule has 0 aliphatic heterocycles. The molecule has 1 nitrogen and oxygen atoms in total. The molecular weight excluding hydrogens is 280 g/mol. The molecule has 23 heavy (non-hydrogen) atoms. The Morgan fingerprint density at radius 1 is 1.04 bits per heavy atom. The molecule has 0 spiro atoms. The minimum atomic E-state index is 0.197. The van der Waals surface area contributed by atoms with Crippen LogP contribution in [0.2, 0.25) is 0 Å². The van der Waals surface area contributed by atoms with Gasteiger partial charge < -0.3 is 4.74 Å². The summed E-state index contributed by atoms with van der Waals surface area (Å²) in [5.41, 5.74) is 4.37. The maximum atomic E-state index is 5.86. The number of hydrogen-bond acceptors (Lipinski definition) is 1. The Morgan fingerprint density at radius 3 is 2.52 bits per heavy atom. The van der Waals surface area contributed by atoms with E-state index in [1.807, 2.05) is 0 Å². The second kappa shape index (κ2) is 5.56. The van der Waals surface area contributed by atoms with Crippen LogP contribution in [0.1, 0.15) is 31.7 Å². The highest BCUT2D eigenvalue weighted by Crippen LogP contribution is 2.58. The van der Waals surface area contributed by atoms with Crippen LogP contribution in [0.25, 0.3) is 11.1 Å². The third kappa shape index (κ3) is 2.30. The number of benzene rings is 2. The molecule has 1 heteroatoms. The molecule has 118 valence electrons. The van der Waals surface area contributed by atoms with Gasteiger partial charge >= 0.3 is 0 Å². The first kappa shape index (κ1) is 14.6. The first-order chi connectivity index (χ1) is 11.2. The molecule has 0 radical (unpaired) electrons. The van der Waals surface area contributed by atoms with Crippen molar-refractivity contribution in [2.24, 2.45) is 11.8 Å². The fourth-order valence-corrected chi connectivity index (χ4v) is 5.12. The predicted octanol–water partition coefficient (Wildman–Crippen LogP) is 5.57. The molecule has 0 N–H and O–H groups in total. The van der Waals surface area contributed by atoms with E-state index in [4.69, 9.17) is 4.74 Å². The van der Waals surface area contributed by atoms with Crippen LogP contribution in [0, 0.1) is 11.8 Å². The minimum absolute atomic E-state index is 0.197. The van der Waals surface area contributed by atoms with Crippen molar-refractivity contribution in [1.29, 1.82) is 0 Å². The largest absolute Gasteiger partial charge is 0.498 e. The van der Waals surface area contributed by atoms with Crippen LogP contribution in [-0.4, -0.2) is 6.10 Å². The third-order valence-electron chi connectivity index (χ3n) is 6.03. The van der Waals surface area contributed by atoms with Crippen LogP contribution < -0.4 is 0 Å². The number of hydrogen-bond donors (Lipinski definition) is 0. The van der Waals surface area contributed by atoms with E-state index in [1.54, 1.807) is 6.26 Å². The van der Waals surface area contributed by atoms with Crippen LogP contribution in [0.5, 0.6) is 0 Å². The summed E-state index contributed by atoms with van der Waals surface area (Å²) in [7, 11) is 0. The van der Waals surface area contributed by atoms with Crippen molar-refractivity contribution in [3.8, 4) is 11.1 Å². The fourth-order valence-electron chi connectivity index (χ4n) is 5.12. The Balaban J connectivity index is 1.78. The lowest BCUT2D eigenvalue weighted by atomic mass is 9.67. The summed E-state index contributed by atoms with van der Waals surface area (Å²) in [5, 5.41) is 0. The molecular formula is C22H24O. The number of ether oxygens (including phenoxy) is 1. The lowest BCUT2D eigenvalue weighted by Gasteiger charge is -2.40. The molecule has 4 atom stereocenters. The average molecular weight is 304 g/mol. The van der Waals surface area contributed by atoms with Gasteiger partial charge in [0.05, 0.1) is 6.26 Å². The van der Waals surface area contributed by atoms with E-state index in [-0.39, 0.29) is 5.41 Å². The standard InChI is InChI=1S/C22H24O/c1-3-23-21-14-16-13-20(21)22(2,15-16)19-12-8-7-11-18(19)17-9-5-4-6-10-17/h3-12,16,20-21H,1,13-15H2,2H3. The van der Waals surface area contributed by atoms with Gasteiger partial charge in [-0.25, -0.2) is 0 Å². The highest BCUT2D eigenvalue weighted by atomic mass is 16.5. The SMILES string of the molecule is C=COC1CC2CC1C(C)(c1ccccc1-c1ccccc1)C2. The normalized spacial score (nSPS) is 32.0. The summed E-state index contributed by atoms with van der Waals surface area (Å²) in [5.74, 6) is 1.38. The monoisotopic (exact) mass is 304 g/mol. The van der Waals surface area contributed by atoms with Crippen molar-refractivity contribution < 1.29 is 4.74 Å². The molecule has 0 amide bonds. The van der Waals surface area contributed by atoms with Crippen LogP contribution >= 0.6 is 0 Å². The van der Waals surface area contributed by atoms with E-state index in [2.05, 4.69) is 68.1 Å². The molecule has 4 rings (SSSR count). The smallest absolute Gasteiger partial charge is 0.102 e. The van der Waals surface area contributed by atoms with Crippen LogP contribution in [0.3, 0.4) is 0 Å². The maximum Gasteiger partial charge on any atom is 0.102 e. The molecule has 2 aromatic rings. The number of fused-ring (bicyclic) bond motifs is 2. The molecule has 2 aromatic carbocycles. The molecule has 2 saturated carbocycles. The molecule has 0 heterocycles. The van der Waals surface area contributed by atoms with E-state index in [0.717, 1.165) is 5.92 Å². The van der Waals surface area contributed by atoms with Gasteiger partial charge in [-0.1, -0.05) is 68.1 Å². The lowest BCUT2D eigenvalue weighted by Crippen LogP contribution is -2.38. The van der Waals surface area contributed by atoms with Crippen molar-refractivity contribution in [1.82, 2.24) is 0 Å². The topological polar surface area (TPSA) is 9.23 Å². The highest BCUT2D eigenvalue weighted by molar-refractivity contribution is 5.69. The van der Waals surface area contributed by atoms with Gasteiger partial charge in [-0.2, -0.15) is 0 Å². The lowest BCUT2D eigenvalue weighted by molar-refractivity contribution is 0.0540. The van der Waals surface area contributed by atoms with Crippen LogP contribution in [0.4, 0.5) is 0 Å². The van der Waals surface area contributed by atoms with E-state index < -0.39 is 0 Å². The van der Waals surface area contributed by atoms with Crippen molar-refractivity contribution in [3.05, 3.63) is 73.0 Å². The molecule has 2 fully saturated rings. The average Bonchev–Trinajstić information content (AvgIpc) is 3.13. The molecule has 0 saturated heterocycles. The summed E-state index contributed by atoms with van der Waals surface area (Å²) in [6.45, 7) is 6.21. The van der Waals surface area contributed by atoms with Gasteiger partial charge in [0.2, 0.25) is 0 Å². The Labute approximate surface area is 139 Å². The Hall–Kier alpha value is -2.02. The zero-order valence-electron chi connectivity index (χ0n) is 13.7. The predicted molar refractivity (Wildman–Crippen MR) is 95.1 cm³/mol. The molecule has 4 unspecified atom stereocenters. The van der Waals surface area contributed by atoms with Crippen LogP contribution in [0.15, 0.2) is 67.4 Å². The van der Waals surface area contributed by atoms with Gasteiger partial charge in [0, 0.05) is 5.92 Å². The zero-order chi connectivity index (χ0) is 15.9. The molecule has 0 aromatic heterocycles. The van der Waals surface area contributed by atoms with Crippen LogP contribution in [-0.2, 0) is 10.2 Å². The van der Waals surface area contributed by atoms with Gasteiger partial charge in [-0.3, -0.25) is 0 Å². The van der Waals surface area contributed by atoms with Gasteiger partial charge in [0.1, 0.15) is 6.10 Å². The zero-order valence-corrected chi connectivity index (χ0v) is 13.7. The molecule has 2 bridgehead atoms. The summed E-state index contributed by atoms with van der Waals surface area (Å²) in [4.78, 5) is 0. The van der Waals surface area contributed by atoms with Crippen molar-refractivity contribution >= 4 is 0 Å². The second-order valence-corrected chi connectivity index (χ2v) is 7.32. The second-order valence-electron chi connectivity index (χ2n) is 7.32. The van der Waals surface area contributed by atoms with E-state index in [1.165, 1.54) is 36.0 Å². The van der Waals surface area contributed by atoms with Gasteiger partial charge in [0.15, 0.2) is 0 Å². The quantitative estimate of drug-likeness (QED) is 0.671. The first-order valence-electron chi connectivity index (χ1n) is 8.63. The Morgan fingerprint density at radius 2 is 1.78 bits per heavy atom. The van der Waals surface area contributed by atoms with E-state index in [0.29, 0.717) is 12.0 Å². The third-order valence-corrected chi connectivity index (χ3v) is 6.03. The van der Waals surface area contributed by atoms with Crippen molar-refractivity contribution in [3.63, 3.8) is 0 Å². The van der Waals surface area contributed by atoms with Gasteiger partial charge in [0.25, 0.3) is 0 Å². The van der Waals surface area contributed by atoms with Crippen molar-refractivity contribution in [2.45, 2.75) is 37.7 Å². The van der Waals surface area contributed by atoms with E-state index in [9.17, 15) is 0 Å². The molecule has 2 aliphatic rings. The summed E-state index contributed by atoms with van der Waals surface area (Å²) in [6, 6.07) is 19.7. The Bertz CT molecular complexity index is 705. The Kier molecular flexibility index (Phi) is 3.52. The summed E-state index contributed by atoms with van der Waals surface area (Å²) < 4.78 is 5.86. The summed E-state index contributed by atoms with van der Waals surface area (Å²) >= 11 is 0. The minimum Gasteiger partial charge on any atom is -0.498 e. The van der Waals surface area contributed by atoms with Gasteiger partial charge in [-0.15, -0.1) is 0 Å². The van der Waals surface area contributed by atoms with Gasteiger partial charge in [-0.05, 0) is 47.3 Å². The maximum absolute atomic E-state index is 5.86. The molecule has 2 aliphatic carbocycles.